The first kappa shape index (κ1) is 8.76. The quantitative estimate of drug-likeness (QED) is 0.651. The number of hydrogen-bond acceptors (Lipinski definition) is 2. The molecule has 0 aliphatic rings. The maximum Gasteiger partial charge on any atom is 0.141 e. The van der Waals surface area contributed by atoms with Crippen molar-refractivity contribution in [1.82, 2.24) is 4.98 Å². The van der Waals surface area contributed by atoms with Crippen molar-refractivity contribution < 1.29 is 0 Å². The zero-order valence-corrected chi connectivity index (χ0v) is 7.12. The largest absolute Gasteiger partial charge is 0.238 e. The van der Waals surface area contributed by atoms with Crippen LogP contribution in [0.1, 0.15) is 11.4 Å². The first-order valence-corrected chi connectivity index (χ1v) is 4.00. The predicted molar refractivity (Wildman–Crippen MR) is 48.7 cm³/mol. The molecule has 0 fully saturated rings. The fourth-order valence-electron chi connectivity index (χ4n) is 0.772. The normalized spacial score (nSPS) is 10.0. The third-order valence-corrected chi connectivity index (χ3v) is 1.44. The Morgan fingerprint density at radius 1 is 1.58 bits per heavy atom. The molecule has 0 atom stereocenters. The van der Waals surface area contributed by atoms with Crippen molar-refractivity contribution in [3.63, 3.8) is 0 Å². The maximum absolute atomic E-state index is 8.52. The lowest BCUT2D eigenvalue weighted by atomic mass is 10.3. The van der Waals surface area contributed by atoms with E-state index >= 15 is 0 Å². The molecule has 1 aromatic heterocycles. The number of alkyl halides is 1. The standard InChI is InChI=1S/C9H7ClN2/c10-6-2-5-8-3-1-4-9(7-11)12-8/h1-5H,6H2. The molecule has 0 aliphatic carbocycles. The Hall–Kier alpha value is -1.33. The van der Waals surface area contributed by atoms with Crippen LogP contribution < -0.4 is 0 Å². The molecule has 12 heavy (non-hydrogen) atoms. The first-order chi connectivity index (χ1) is 5.86. The summed E-state index contributed by atoms with van der Waals surface area (Å²) in [6.45, 7) is 0. The molecule has 0 spiro atoms. The molecule has 0 saturated carbocycles. The smallest absolute Gasteiger partial charge is 0.141 e. The van der Waals surface area contributed by atoms with E-state index in [2.05, 4.69) is 4.98 Å². The SMILES string of the molecule is N#Cc1cccc(C=CCCl)n1. The first-order valence-electron chi connectivity index (χ1n) is 3.46. The van der Waals surface area contributed by atoms with Crippen LogP contribution in [0.5, 0.6) is 0 Å². The third-order valence-electron chi connectivity index (χ3n) is 1.26. The number of pyridine rings is 1. The van der Waals surface area contributed by atoms with Crippen LogP contribution in [0.15, 0.2) is 24.3 Å². The van der Waals surface area contributed by atoms with Crippen molar-refractivity contribution >= 4 is 17.7 Å². The Morgan fingerprint density at radius 3 is 3.08 bits per heavy atom. The van der Waals surface area contributed by atoms with E-state index in [-0.39, 0.29) is 0 Å². The second kappa shape index (κ2) is 4.53. The minimum absolute atomic E-state index is 0.423. The monoisotopic (exact) mass is 178 g/mol. The van der Waals surface area contributed by atoms with Gasteiger partial charge in [-0.15, -0.1) is 11.6 Å². The molecule has 0 aromatic carbocycles. The van der Waals surface area contributed by atoms with Gasteiger partial charge in [-0.3, -0.25) is 0 Å². The van der Waals surface area contributed by atoms with Crippen molar-refractivity contribution in [2.75, 3.05) is 5.88 Å². The van der Waals surface area contributed by atoms with Gasteiger partial charge in [0.25, 0.3) is 0 Å². The molecule has 0 N–H and O–H groups in total. The molecule has 1 rings (SSSR count). The number of halogens is 1. The summed E-state index contributed by atoms with van der Waals surface area (Å²) in [4.78, 5) is 4.02. The van der Waals surface area contributed by atoms with Crippen molar-refractivity contribution in [3.05, 3.63) is 35.7 Å². The molecule has 2 nitrogen and oxygen atoms in total. The van der Waals surface area contributed by atoms with E-state index in [0.717, 1.165) is 5.69 Å². The lowest BCUT2D eigenvalue weighted by molar-refractivity contribution is 1.24. The Bertz CT molecular complexity index is 326. The van der Waals surface area contributed by atoms with Crippen molar-refractivity contribution in [1.29, 1.82) is 5.26 Å². The van der Waals surface area contributed by atoms with E-state index in [1.54, 1.807) is 24.3 Å². The number of allylic oxidation sites excluding steroid dienone is 1. The minimum atomic E-state index is 0.423. The van der Waals surface area contributed by atoms with Crippen LogP contribution in [0.3, 0.4) is 0 Å². The van der Waals surface area contributed by atoms with Crippen LogP contribution in [0, 0.1) is 11.3 Å². The maximum atomic E-state index is 8.52. The van der Waals surface area contributed by atoms with Crippen LogP contribution in [-0.2, 0) is 0 Å². The third kappa shape index (κ3) is 2.37. The summed E-state index contributed by atoms with van der Waals surface area (Å²) >= 11 is 5.45. The average Bonchev–Trinajstić information content (AvgIpc) is 2.15. The summed E-state index contributed by atoms with van der Waals surface area (Å²) in [6, 6.07) is 7.24. The lowest BCUT2D eigenvalue weighted by Crippen LogP contribution is -1.84. The van der Waals surface area contributed by atoms with Gasteiger partial charge in [0.05, 0.1) is 5.69 Å². The van der Waals surface area contributed by atoms with Crippen LogP contribution in [-0.4, -0.2) is 10.9 Å². The van der Waals surface area contributed by atoms with E-state index in [9.17, 15) is 0 Å². The van der Waals surface area contributed by atoms with Gasteiger partial charge in [0, 0.05) is 5.88 Å². The molecule has 1 aromatic rings. The highest BCUT2D eigenvalue weighted by Crippen LogP contribution is 2.00. The van der Waals surface area contributed by atoms with Gasteiger partial charge in [-0.25, -0.2) is 4.98 Å². The van der Waals surface area contributed by atoms with E-state index in [1.807, 2.05) is 12.1 Å². The molecule has 3 heteroatoms. The topological polar surface area (TPSA) is 36.7 Å². The highest BCUT2D eigenvalue weighted by Gasteiger charge is 1.90. The van der Waals surface area contributed by atoms with Gasteiger partial charge in [0.2, 0.25) is 0 Å². The second-order valence-corrected chi connectivity index (χ2v) is 2.42. The van der Waals surface area contributed by atoms with Gasteiger partial charge >= 0.3 is 0 Å². The second-order valence-electron chi connectivity index (χ2n) is 2.12. The summed E-state index contributed by atoms with van der Waals surface area (Å²) < 4.78 is 0. The number of nitrogens with zero attached hydrogens (tertiary/aromatic N) is 2. The Kier molecular flexibility index (Phi) is 3.31. The van der Waals surface area contributed by atoms with E-state index < -0.39 is 0 Å². The molecule has 0 amide bonds. The molecular weight excluding hydrogens is 172 g/mol. The molecule has 0 bridgehead atoms. The van der Waals surface area contributed by atoms with Gasteiger partial charge in [-0.1, -0.05) is 12.1 Å². The Morgan fingerprint density at radius 2 is 2.42 bits per heavy atom. The van der Waals surface area contributed by atoms with Crippen molar-refractivity contribution in [2.45, 2.75) is 0 Å². The molecule has 0 radical (unpaired) electrons. The molecule has 60 valence electrons. The summed E-state index contributed by atoms with van der Waals surface area (Å²) in [5.74, 6) is 0.457. The minimum Gasteiger partial charge on any atom is -0.238 e. The molecular formula is C9H7ClN2. The Labute approximate surface area is 76.1 Å². The zero-order valence-electron chi connectivity index (χ0n) is 6.37. The average molecular weight is 179 g/mol. The lowest BCUT2D eigenvalue weighted by Gasteiger charge is -1.91. The van der Waals surface area contributed by atoms with Crippen LogP contribution in [0.25, 0.3) is 6.08 Å². The van der Waals surface area contributed by atoms with Crippen molar-refractivity contribution in [2.24, 2.45) is 0 Å². The summed E-state index contributed by atoms with van der Waals surface area (Å²) in [5, 5.41) is 8.52. The number of rotatable bonds is 2. The zero-order chi connectivity index (χ0) is 8.81. The van der Waals surface area contributed by atoms with Crippen LogP contribution in [0.2, 0.25) is 0 Å². The molecule has 0 aliphatic heterocycles. The van der Waals surface area contributed by atoms with Crippen LogP contribution in [0.4, 0.5) is 0 Å². The summed E-state index contributed by atoms with van der Waals surface area (Å²) in [6.07, 6.45) is 3.57. The van der Waals surface area contributed by atoms with E-state index in [0.29, 0.717) is 11.6 Å². The number of aromatic nitrogens is 1. The number of nitriles is 1. The molecule has 0 saturated heterocycles. The fraction of sp³-hybridized carbons (Fsp3) is 0.111. The molecule has 0 unspecified atom stereocenters. The van der Waals surface area contributed by atoms with Gasteiger partial charge < -0.3 is 0 Å². The van der Waals surface area contributed by atoms with Gasteiger partial charge in [-0.05, 0) is 18.2 Å². The highest BCUT2D eigenvalue weighted by atomic mass is 35.5. The Balaban J connectivity index is 2.88. The van der Waals surface area contributed by atoms with Gasteiger partial charge in [0.1, 0.15) is 11.8 Å². The van der Waals surface area contributed by atoms with E-state index in [4.69, 9.17) is 16.9 Å². The summed E-state index contributed by atoms with van der Waals surface area (Å²) in [7, 11) is 0. The van der Waals surface area contributed by atoms with E-state index in [1.165, 1.54) is 0 Å². The molecule has 1 heterocycles. The predicted octanol–water partition coefficient (Wildman–Crippen LogP) is 2.21. The number of hydrogen-bond donors (Lipinski definition) is 0. The summed E-state index contributed by atoms with van der Waals surface area (Å²) in [5.41, 5.74) is 1.18. The van der Waals surface area contributed by atoms with Crippen molar-refractivity contribution in [3.8, 4) is 6.07 Å². The van der Waals surface area contributed by atoms with Gasteiger partial charge in [0.15, 0.2) is 0 Å². The van der Waals surface area contributed by atoms with Gasteiger partial charge in [-0.2, -0.15) is 5.26 Å². The fourth-order valence-corrected chi connectivity index (χ4v) is 0.861. The van der Waals surface area contributed by atoms with Crippen LogP contribution >= 0.6 is 11.6 Å². The highest BCUT2D eigenvalue weighted by molar-refractivity contribution is 6.19.